The summed E-state index contributed by atoms with van der Waals surface area (Å²) in [6.45, 7) is 6.17. The van der Waals surface area contributed by atoms with Gasteiger partial charge in [-0.1, -0.05) is 23.7 Å². The molecule has 0 saturated carbocycles. The molecule has 1 aliphatic heterocycles. The van der Waals surface area contributed by atoms with E-state index >= 15 is 0 Å². The van der Waals surface area contributed by atoms with Crippen molar-refractivity contribution in [3.63, 3.8) is 0 Å². The Morgan fingerprint density at radius 3 is 2.95 bits per heavy atom. The monoisotopic (exact) mass is 295 g/mol. The number of halogens is 1. The summed E-state index contributed by atoms with van der Waals surface area (Å²) < 4.78 is 5.48. The van der Waals surface area contributed by atoms with Gasteiger partial charge in [0.25, 0.3) is 0 Å². The van der Waals surface area contributed by atoms with E-state index in [9.17, 15) is 4.79 Å². The van der Waals surface area contributed by atoms with E-state index in [1.807, 2.05) is 38.1 Å². The molecule has 1 N–H and O–H groups in total. The maximum Gasteiger partial charge on any atom is 0.312 e. The topological polar surface area (TPSA) is 38.3 Å². The first-order chi connectivity index (χ1) is 9.50. The van der Waals surface area contributed by atoms with Gasteiger partial charge in [0.15, 0.2) is 0 Å². The van der Waals surface area contributed by atoms with E-state index in [0.29, 0.717) is 10.9 Å². The molecule has 1 fully saturated rings. The van der Waals surface area contributed by atoms with Gasteiger partial charge in [-0.05, 0) is 63.4 Å². The van der Waals surface area contributed by atoms with Gasteiger partial charge in [-0.25, -0.2) is 0 Å². The van der Waals surface area contributed by atoms with Gasteiger partial charge in [-0.3, -0.25) is 4.79 Å². The second-order valence-electron chi connectivity index (χ2n) is 5.97. The minimum Gasteiger partial charge on any atom is -0.460 e. The highest BCUT2D eigenvalue weighted by Crippen LogP contribution is 2.33. The molecule has 1 unspecified atom stereocenters. The molecule has 3 nitrogen and oxygen atoms in total. The van der Waals surface area contributed by atoms with Gasteiger partial charge in [-0.15, -0.1) is 0 Å². The Labute approximate surface area is 125 Å². The number of benzene rings is 1. The minimum absolute atomic E-state index is 0.133. The van der Waals surface area contributed by atoms with Gasteiger partial charge in [0.05, 0.1) is 5.41 Å². The third-order valence-corrected chi connectivity index (χ3v) is 4.34. The molecule has 1 aromatic rings. The highest BCUT2D eigenvalue weighted by molar-refractivity contribution is 6.30. The molecule has 1 aromatic carbocycles. The van der Waals surface area contributed by atoms with E-state index in [1.165, 1.54) is 0 Å². The van der Waals surface area contributed by atoms with Gasteiger partial charge in [0, 0.05) is 5.02 Å². The molecule has 4 heteroatoms. The SMILES string of the molecule is CC(C)(C(=O)OCc1cccc(Cl)c1)C1CCCNC1. The molecule has 0 aromatic heterocycles. The zero-order valence-electron chi connectivity index (χ0n) is 12.1. The van der Waals surface area contributed by atoms with E-state index in [4.69, 9.17) is 16.3 Å². The van der Waals surface area contributed by atoms with Gasteiger partial charge < -0.3 is 10.1 Å². The van der Waals surface area contributed by atoms with E-state index in [0.717, 1.165) is 31.5 Å². The van der Waals surface area contributed by atoms with Crippen molar-refractivity contribution in [2.75, 3.05) is 13.1 Å². The van der Waals surface area contributed by atoms with Crippen molar-refractivity contribution in [2.24, 2.45) is 11.3 Å². The van der Waals surface area contributed by atoms with Crippen LogP contribution < -0.4 is 5.32 Å². The Morgan fingerprint density at radius 2 is 2.30 bits per heavy atom. The number of rotatable bonds is 4. The Morgan fingerprint density at radius 1 is 1.50 bits per heavy atom. The molecule has 2 rings (SSSR count). The highest BCUT2D eigenvalue weighted by atomic mass is 35.5. The van der Waals surface area contributed by atoms with Crippen LogP contribution in [0.2, 0.25) is 5.02 Å². The summed E-state index contributed by atoms with van der Waals surface area (Å²) in [5.74, 6) is 0.203. The molecule has 1 saturated heterocycles. The molecule has 0 radical (unpaired) electrons. The van der Waals surface area contributed by atoms with Crippen LogP contribution in [0.5, 0.6) is 0 Å². The molecular weight excluding hydrogens is 274 g/mol. The lowest BCUT2D eigenvalue weighted by molar-refractivity contribution is -0.159. The molecule has 0 spiro atoms. The van der Waals surface area contributed by atoms with Gasteiger partial charge in [0.2, 0.25) is 0 Å². The fourth-order valence-corrected chi connectivity index (χ4v) is 2.81. The van der Waals surface area contributed by atoms with Crippen molar-refractivity contribution in [1.82, 2.24) is 5.32 Å². The zero-order chi connectivity index (χ0) is 14.6. The molecule has 1 atom stereocenters. The quantitative estimate of drug-likeness (QED) is 0.865. The van der Waals surface area contributed by atoms with Crippen LogP contribution >= 0.6 is 11.6 Å². The number of carbonyl (C=O) groups excluding carboxylic acids is 1. The third kappa shape index (κ3) is 3.74. The minimum atomic E-state index is -0.452. The number of piperidine rings is 1. The van der Waals surface area contributed by atoms with Crippen molar-refractivity contribution in [2.45, 2.75) is 33.3 Å². The number of hydrogen-bond donors (Lipinski definition) is 1. The largest absolute Gasteiger partial charge is 0.460 e. The summed E-state index contributed by atoms with van der Waals surface area (Å²) in [5, 5.41) is 4.01. The molecule has 20 heavy (non-hydrogen) atoms. The molecule has 1 aliphatic rings. The number of hydrogen-bond acceptors (Lipinski definition) is 3. The molecule has 110 valence electrons. The van der Waals surface area contributed by atoms with E-state index in [-0.39, 0.29) is 12.6 Å². The fourth-order valence-electron chi connectivity index (χ4n) is 2.60. The fraction of sp³-hybridized carbons (Fsp3) is 0.562. The van der Waals surface area contributed by atoms with Crippen LogP contribution in [0.4, 0.5) is 0 Å². The molecule has 0 bridgehead atoms. The Kier molecular flexibility index (Phi) is 5.06. The average Bonchev–Trinajstić information content (AvgIpc) is 2.45. The third-order valence-electron chi connectivity index (χ3n) is 4.10. The van der Waals surface area contributed by atoms with Crippen molar-refractivity contribution >= 4 is 17.6 Å². The Hall–Kier alpha value is -1.06. The van der Waals surface area contributed by atoms with Crippen LogP contribution in [0, 0.1) is 11.3 Å². The van der Waals surface area contributed by atoms with Gasteiger partial charge in [0.1, 0.15) is 6.61 Å². The van der Waals surface area contributed by atoms with E-state index in [2.05, 4.69) is 5.32 Å². The van der Waals surface area contributed by atoms with E-state index in [1.54, 1.807) is 0 Å². The second kappa shape index (κ2) is 6.59. The lowest BCUT2D eigenvalue weighted by atomic mass is 9.75. The lowest BCUT2D eigenvalue weighted by Crippen LogP contribution is -2.43. The van der Waals surface area contributed by atoms with Gasteiger partial charge >= 0.3 is 5.97 Å². The standard InChI is InChI=1S/C16H22ClNO2/c1-16(2,13-6-4-8-18-10-13)15(19)20-11-12-5-3-7-14(17)9-12/h3,5,7,9,13,18H,4,6,8,10-11H2,1-2H3. The Balaban J connectivity index is 1.93. The van der Waals surface area contributed by atoms with Crippen LogP contribution in [0.3, 0.4) is 0 Å². The van der Waals surface area contributed by atoms with E-state index < -0.39 is 5.41 Å². The summed E-state index contributed by atoms with van der Waals surface area (Å²) in [4.78, 5) is 12.3. The van der Waals surface area contributed by atoms with Gasteiger partial charge in [-0.2, -0.15) is 0 Å². The summed E-state index contributed by atoms with van der Waals surface area (Å²) >= 11 is 5.92. The normalized spacial score (nSPS) is 19.6. The summed E-state index contributed by atoms with van der Waals surface area (Å²) in [7, 11) is 0. The van der Waals surface area contributed by atoms with Crippen LogP contribution in [0.1, 0.15) is 32.3 Å². The van der Waals surface area contributed by atoms with Crippen molar-refractivity contribution in [3.8, 4) is 0 Å². The van der Waals surface area contributed by atoms with Crippen LogP contribution in [-0.2, 0) is 16.1 Å². The highest BCUT2D eigenvalue weighted by Gasteiger charge is 2.38. The maximum absolute atomic E-state index is 12.3. The summed E-state index contributed by atoms with van der Waals surface area (Å²) in [6, 6.07) is 7.41. The number of carbonyl (C=O) groups is 1. The van der Waals surface area contributed by atoms with Crippen LogP contribution in [0.25, 0.3) is 0 Å². The predicted octanol–water partition coefficient (Wildman–Crippen LogP) is 3.41. The molecule has 0 aliphatic carbocycles. The summed E-state index contributed by atoms with van der Waals surface area (Å²) in [5.41, 5.74) is 0.467. The first kappa shape index (κ1) is 15.3. The summed E-state index contributed by atoms with van der Waals surface area (Å²) in [6.07, 6.45) is 2.20. The zero-order valence-corrected chi connectivity index (χ0v) is 12.9. The average molecular weight is 296 g/mol. The van der Waals surface area contributed by atoms with Crippen molar-refractivity contribution in [3.05, 3.63) is 34.9 Å². The van der Waals surface area contributed by atoms with Crippen molar-refractivity contribution in [1.29, 1.82) is 0 Å². The van der Waals surface area contributed by atoms with Crippen molar-refractivity contribution < 1.29 is 9.53 Å². The molecule has 1 heterocycles. The predicted molar refractivity (Wildman–Crippen MR) is 80.6 cm³/mol. The smallest absolute Gasteiger partial charge is 0.312 e. The molecular formula is C16H22ClNO2. The number of esters is 1. The molecule has 0 amide bonds. The Bertz CT molecular complexity index is 467. The lowest BCUT2D eigenvalue weighted by Gasteiger charge is -2.35. The van der Waals surface area contributed by atoms with Crippen LogP contribution in [-0.4, -0.2) is 19.1 Å². The number of nitrogens with one attached hydrogen (secondary N) is 1. The first-order valence-electron chi connectivity index (χ1n) is 7.12. The second-order valence-corrected chi connectivity index (χ2v) is 6.41. The first-order valence-corrected chi connectivity index (χ1v) is 7.50. The van der Waals surface area contributed by atoms with Crippen LogP contribution in [0.15, 0.2) is 24.3 Å². The number of ether oxygens (including phenoxy) is 1. The maximum atomic E-state index is 12.3.